The summed E-state index contributed by atoms with van der Waals surface area (Å²) < 4.78 is 25.5. The minimum absolute atomic E-state index is 0.0556. The third-order valence-corrected chi connectivity index (χ3v) is 6.46. The van der Waals surface area contributed by atoms with Crippen LogP contribution >= 0.6 is 0 Å². The van der Waals surface area contributed by atoms with E-state index in [2.05, 4.69) is 5.32 Å². The zero-order valence-electron chi connectivity index (χ0n) is 14.1. The summed E-state index contributed by atoms with van der Waals surface area (Å²) in [6.07, 6.45) is 1.42. The Kier molecular flexibility index (Phi) is 5.00. The molecule has 7 nitrogen and oxygen atoms in total. The van der Waals surface area contributed by atoms with Crippen LogP contribution in [0.2, 0.25) is 0 Å². The average molecular weight is 353 g/mol. The molecule has 1 heterocycles. The molecule has 2 amide bonds. The lowest BCUT2D eigenvalue weighted by Crippen LogP contribution is -2.49. The topological polar surface area (TPSA) is 110 Å². The van der Waals surface area contributed by atoms with E-state index in [4.69, 9.17) is 5.73 Å². The number of sulfonamides is 1. The van der Waals surface area contributed by atoms with Crippen LogP contribution in [0, 0.1) is 0 Å². The monoisotopic (exact) mass is 353 g/mol. The number of rotatable bonds is 6. The summed E-state index contributed by atoms with van der Waals surface area (Å²) in [5.74, 6) is -0.968. The van der Waals surface area contributed by atoms with Crippen LogP contribution in [0.1, 0.15) is 54.3 Å². The Labute approximate surface area is 142 Å². The second-order valence-electron chi connectivity index (χ2n) is 5.94. The highest BCUT2D eigenvalue weighted by Gasteiger charge is 2.40. The van der Waals surface area contributed by atoms with Gasteiger partial charge in [-0.1, -0.05) is 13.8 Å². The van der Waals surface area contributed by atoms with Crippen molar-refractivity contribution in [1.29, 1.82) is 0 Å². The molecule has 0 radical (unpaired) electrons. The maximum atomic E-state index is 12.4. The van der Waals surface area contributed by atoms with Gasteiger partial charge in [0.05, 0.1) is 5.56 Å². The Bertz CT molecular complexity index is 770. The number of benzene rings is 1. The molecule has 0 spiro atoms. The molecular weight excluding hydrogens is 330 g/mol. The number of amides is 2. The molecular formula is C16H23N3O4S. The van der Waals surface area contributed by atoms with Gasteiger partial charge in [0.2, 0.25) is 0 Å². The third-order valence-electron chi connectivity index (χ3n) is 4.57. The Morgan fingerprint density at radius 2 is 1.88 bits per heavy atom. The number of carbonyl (C=O) groups excluding carboxylic acids is 2. The van der Waals surface area contributed by atoms with E-state index >= 15 is 0 Å². The highest BCUT2D eigenvalue weighted by molar-refractivity contribution is 7.90. The number of hydrogen-bond donors (Lipinski definition) is 2. The first-order valence-electron chi connectivity index (χ1n) is 7.98. The molecule has 1 aliphatic heterocycles. The summed E-state index contributed by atoms with van der Waals surface area (Å²) in [5.41, 5.74) is 5.95. The molecule has 0 aromatic heterocycles. The number of fused-ring (bicyclic) bond motifs is 1. The fourth-order valence-electron chi connectivity index (χ4n) is 2.59. The van der Waals surface area contributed by atoms with E-state index in [1.165, 1.54) is 18.2 Å². The van der Waals surface area contributed by atoms with Gasteiger partial charge in [0.15, 0.2) is 0 Å². The fraction of sp³-hybridized carbons (Fsp3) is 0.500. The first-order valence-corrected chi connectivity index (χ1v) is 9.42. The van der Waals surface area contributed by atoms with Crippen LogP contribution in [0.15, 0.2) is 23.1 Å². The quantitative estimate of drug-likeness (QED) is 0.796. The van der Waals surface area contributed by atoms with E-state index in [0.717, 1.165) is 4.31 Å². The van der Waals surface area contributed by atoms with E-state index < -0.39 is 27.4 Å². The smallest absolute Gasteiger partial charge is 0.268 e. The van der Waals surface area contributed by atoms with E-state index in [1.54, 1.807) is 6.92 Å². The van der Waals surface area contributed by atoms with E-state index in [0.29, 0.717) is 19.4 Å². The number of nitrogens with two attached hydrogens (primary N) is 1. The summed E-state index contributed by atoms with van der Waals surface area (Å²) >= 11 is 0. The number of hydrogen-bond acceptors (Lipinski definition) is 5. The van der Waals surface area contributed by atoms with Crippen molar-refractivity contribution in [3.05, 3.63) is 29.3 Å². The van der Waals surface area contributed by atoms with Crippen molar-refractivity contribution in [2.45, 2.75) is 44.0 Å². The van der Waals surface area contributed by atoms with Crippen LogP contribution in [0.5, 0.6) is 0 Å². The number of nitrogens with one attached hydrogen (secondary N) is 1. The summed E-state index contributed by atoms with van der Waals surface area (Å²) in [4.78, 5) is 24.3. The molecule has 24 heavy (non-hydrogen) atoms. The highest BCUT2D eigenvalue weighted by atomic mass is 32.2. The molecule has 0 unspecified atom stereocenters. The van der Waals surface area contributed by atoms with Gasteiger partial charge in [-0.05, 0) is 38.0 Å². The van der Waals surface area contributed by atoms with E-state index in [1.807, 2.05) is 13.8 Å². The SMILES string of the molecule is CCN1C(=O)c2ccc(C(=O)NCC(N)(CC)CC)cc2S1(=O)=O. The lowest BCUT2D eigenvalue weighted by atomic mass is 9.94. The van der Waals surface area contributed by atoms with Crippen molar-refractivity contribution in [2.75, 3.05) is 13.1 Å². The summed E-state index contributed by atoms with van der Waals surface area (Å²) in [5, 5.41) is 2.74. The van der Waals surface area contributed by atoms with Crippen molar-refractivity contribution in [3.63, 3.8) is 0 Å². The second kappa shape index (κ2) is 6.52. The number of nitrogens with zero attached hydrogens (tertiary/aromatic N) is 1. The lowest BCUT2D eigenvalue weighted by Gasteiger charge is -2.26. The Hall–Kier alpha value is -1.93. The second-order valence-corrected chi connectivity index (χ2v) is 7.77. The largest absolute Gasteiger partial charge is 0.350 e. The molecule has 0 fully saturated rings. The van der Waals surface area contributed by atoms with Gasteiger partial charge < -0.3 is 11.1 Å². The lowest BCUT2D eigenvalue weighted by molar-refractivity contribution is 0.0874. The molecule has 0 saturated carbocycles. The van der Waals surface area contributed by atoms with Crippen LogP contribution < -0.4 is 11.1 Å². The van der Waals surface area contributed by atoms with E-state index in [-0.39, 0.29) is 22.6 Å². The first-order chi connectivity index (χ1) is 11.2. The van der Waals surface area contributed by atoms with Gasteiger partial charge in [0.25, 0.3) is 21.8 Å². The highest BCUT2D eigenvalue weighted by Crippen LogP contribution is 2.30. The number of carbonyl (C=O) groups is 2. The normalized spacial score (nSPS) is 16.2. The van der Waals surface area contributed by atoms with Gasteiger partial charge in [0, 0.05) is 24.2 Å². The first kappa shape index (κ1) is 18.4. The van der Waals surface area contributed by atoms with Crippen molar-refractivity contribution >= 4 is 21.8 Å². The van der Waals surface area contributed by atoms with Gasteiger partial charge >= 0.3 is 0 Å². The Morgan fingerprint density at radius 3 is 2.42 bits per heavy atom. The molecule has 1 aromatic carbocycles. The van der Waals surface area contributed by atoms with Crippen molar-refractivity contribution in [3.8, 4) is 0 Å². The Morgan fingerprint density at radius 1 is 1.25 bits per heavy atom. The molecule has 8 heteroatoms. The van der Waals surface area contributed by atoms with Crippen LogP contribution in [0.4, 0.5) is 0 Å². The maximum Gasteiger partial charge on any atom is 0.268 e. The minimum atomic E-state index is -3.88. The summed E-state index contributed by atoms with van der Waals surface area (Å²) in [7, 11) is -3.88. The van der Waals surface area contributed by atoms with Crippen molar-refractivity contribution < 1.29 is 18.0 Å². The standard InChI is InChI=1S/C16H23N3O4S/c1-4-16(17,5-2)10-18-14(20)11-7-8-12-13(9-11)24(22,23)19(6-3)15(12)21/h7-9H,4-6,10,17H2,1-3H3,(H,18,20). The van der Waals surface area contributed by atoms with Gasteiger partial charge in [-0.15, -0.1) is 0 Å². The zero-order chi connectivity index (χ0) is 18.1. The summed E-state index contributed by atoms with van der Waals surface area (Å²) in [6.45, 7) is 5.83. The molecule has 1 aromatic rings. The van der Waals surface area contributed by atoms with Crippen molar-refractivity contribution in [2.24, 2.45) is 5.73 Å². The molecule has 0 aliphatic carbocycles. The minimum Gasteiger partial charge on any atom is -0.350 e. The molecule has 132 valence electrons. The van der Waals surface area contributed by atoms with Gasteiger partial charge in [-0.2, -0.15) is 0 Å². The average Bonchev–Trinajstić information content (AvgIpc) is 2.77. The van der Waals surface area contributed by atoms with Gasteiger partial charge in [0.1, 0.15) is 4.90 Å². The molecule has 0 atom stereocenters. The molecule has 0 bridgehead atoms. The van der Waals surface area contributed by atoms with Crippen LogP contribution in [-0.4, -0.2) is 43.2 Å². The fourth-order valence-corrected chi connectivity index (χ4v) is 4.19. The van der Waals surface area contributed by atoms with Gasteiger partial charge in [-0.25, -0.2) is 12.7 Å². The molecule has 1 aliphatic rings. The summed E-state index contributed by atoms with van der Waals surface area (Å²) in [6, 6.07) is 4.09. The molecule has 2 rings (SSSR count). The Balaban J connectivity index is 2.27. The van der Waals surface area contributed by atoms with E-state index in [9.17, 15) is 18.0 Å². The molecule has 3 N–H and O–H groups in total. The van der Waals surface area contributed by atoms with Crippen molar-refractivity contribution in [1.82, 2.24) is 9.62 Å². The van der Waals surface area contributed by atoms with Crippen LogP contribution in [-0.2, 0) is 10.0 Å². The predicted octanol–water partition coefficient (Wildman–Crippen LogP) is 1.10. The third kappa shape index (κ3) is 3.03. The maximum absolute atomic E-state index is 12.4. The van der Waals surface area contributed by atoms with Crippen LogP contribution in [0.25, 0.3) is 0 Å². The molecule has 0 saturated heterocycles. The van der Waals surface area contributed by atoms with Crippen LogP contribution in [0.3, 0.4) is 0 Å². The van der Waals surface area contributed by atoms with Gasteiger partial charge in [-0.3, -0.25) is 9.59 Å². The zero-order valence-corrected chi connectivity index (χ0v) is 14.9. The predicted molar refractivity (Wildman–Crippen MR) is 90.2 cm³/mol.